The van der Waals surface area contributed by atoms with E-state index in [1.165, 1.54) is 24.3 Å². The summed E-state index contributed by atoms with van der Waals surface area (Å²) in [4.78, 5) is 30.5. The highest BCUT2D eigenvalue weighted by atomic mass is 32.2. The van der Waals surface area contributed by atoms with Gasteiger partial charge in [0.15, 0.2) is 5.65 Å². The molecule has 0 aliphatic rings. The van der Waals surface area contributed by atoms with Crippen LogP contribution in [0.15, 0.2) is 47.6 Å². The molecule has 0 saturated heterocycles. The second kappa shape index (κ2) is 7.76. The molecule has 2 heterocycles. The summed E-state index contributed by atoms with van der Waals surface area (Å²) >= 11 is 1.14. The summed E-state index contributed by atoms with van der Waals surface area (Å²) in [7, 11) is 1.59. The van der Waals surface area contributed by atoms with Crippen LogP contribution in [-0.2, 0) is 4.79 Å². The Labute approximate surface area is 168 Å². The van der Waals surface area contributed by atoms with Crippen LogP contribution in [0.2, 0.25) is 0 Å². The van der Waals surface area contributed by atoms with E-state index < -0.39 is 5.97 Å². The molecule has 29 heavy (non-hydrogen) atoms. The van der Waals surface area contributed by atoms with Gasteiger partial charge in [0.25, 0.3) is 0 Å². The van der Waals surface area contributed by atoms with Crippen LogP contribution in [0.4, 0.5) is 5.69 Å². The third kappa shape index (κ3) is 3.97. The molecule has 0 unspecified atom stereocenters. The molecule has 2 N–H and O–H groups in total. The molecule has 2 aromatic carbocycles. The van der Waals surface area contributed by atoms with Crippen LogP contribution in [-0.4, -0.2) is 44.9 Å². The van der Waals surface area contributed by atoms with E-state index in [0.29, 0.717) is 27.8 Å². The Balaban J connectivity index is 1.44. The summed E-state index contributed by atoms with van der Waals surface area (Å²) in [6, 6.07) is 11.3. The van der Waals surface area contributed by atoms with Crippen molar-refractivity contribution in [1.29, 1.82) is 0 Å². The lowest BCUT2D eigenvalue weighted by atomic mass is 10.2. The van der Waals surface area contributed by atoms with Crippen molar-refractivity contribution in [1.82, 2.24) is 20.2 Å². The number of carbonyl (C=O) groups excluding carboxylic acids is 2. The minimum Gasteiger partial charge on any atom is -0.545 e. The lowest BCUT2D eigenvalue weighted by molar-refractivity contribution is -0.255. The number of thioether (sulfide) groups is 1. The van der Waals surface area contributed by atoms with E-state index in [-0.39, 0.29) is 17.2 Å². The largest absolute Gasteiger partial charge is 0.545 e. The number of methoxy groups -OCH3 is 1. The van der Waals surface area contributed by atoms with Crippen molar-refractivity contribution in [2.45, 2.75) is 5.16 Å². The van der Waals surface area contributed by atoms with Crippen LogP contribution in [0.1, 0.15) is 10.4 Å². The Hall–Kier alpha value is -3.66. The smallest absolute Gasteiger partial charge is 0.234 e. The third-order valence-corrected chi connectivity index (χ3v) is 4.98. The van der Waals surface area contributed by atoms with Gasteiger partial charge >= 0.3 is 0 Å². The second-order valence-electron chi connectivity index (χ2n) is 6.03. The van der Waals surface area contributed by atoms with E-state index in [1.54, 1.807) is 7.11 Å². The normalized spacial score (nSPS) is 10.9. The Morgan fingerprint density at radius 2 is 1.97 bits per heavy atom. The summed E-state index contributed by atoms with van der Waals surface area (Å²) in [6.45, 7) is 0. The first-order valence-electron chi connectivity index (χ1n) is 8.47. The SMILES string of the molecule is COc1ccc2[nH]c3nc(SCC(=O)Nc4ccc(C(=O)[O-])cc4)nnc3c2c1. The van der Waals surface area contributed by atoms with Crippen molar-refractivity contribution in [2.75, 3.05) is 18.2 Å². The van der Waals surface area contributed by atoms with Gasteiger partial charge in [-0.15, -0.1) is 10.2 Å². The van der Waals surface area contributed by atoms with Gasteiger partial charge in [0.1, 0.15) is 11.3 Å². The van der Waals surface area contributed by atoms with Gasteiger partial charge in [0.05, 0.1) is 18.8 Å². The summed E-state index contributed by atoms with van der Waals surface area (Å²) in [5.41, 5.74) is 2.59. The average Bonchev–Trinajstić information content (AvgIpc) is 3.09. The zero-order valence-corrected chi connectivity index (χ0v) is 15.9. The maximum absolute atomic E-state index is 12.1. The molecule has 146 valence electrons. The van der Waals surface area contributed by atoms with Crippen LogP contribution in [0.5, 0.6) is 5.75 Å². The number of carboxylic acid groups (broad SMARTS) is 1. The van der Waals surface area contributed by atoms with Crippen molar-refractivity contribution < 1.29 is 19.4 Å². The molecular formula is C19H14N5O4S-. The molecule has 0 spiro atoms. The number of amides is 1. The first-order chi connectivity index (χ1) is 14.0. The predicted octanol–water partition coefficient (Wildman–Crippen LogP) is 1.61. The zero-order valence-electron chi connectivity index (χ0n) is 15.1. The Morgan fingerprint density at radius 3 is 2.69 bits per heavy atom. The average molecular weight is 408 g/mol. The number of hydrogen-bond donors (Lipinski definition) is 2. The number of nitrogens with zero attached hydrogens (tertiary/aromatic N) is 3. The van der Waals surface area contributed by atoms with E-state index in [0.717, 1.165) is 22.7 Å². The highest BCUT2D eigenvalue weighted by molar-refractivity contribution is 7.99. The number of carboxylic acids is 1. The van der Waals surface area contributed by atoms with Gasteiger partial charge in [0, 0.05) is 16.6 Å². The number of H-pyrrole nitrogens is 1. The van der Waals surface area contributed by atoms with Crippen LogP contribution >= 0.6 is 11.8 Å². The number of carbonyl (C=O) groups is 2. The number of ether oxygens (including phenoxy) is 1. The molecule has 0 aliphatic carbocycles. The molecule has 2 aromatic heterocycles. The number of nitrogens with one attached hydrogen (secondary N) is 2. The second-order valence-corrected chi connectivity index (χ2v) is 6.97. The zero-order chi connectivity index (χ0) is 20.4. The topological polar surface area (TPSA) is 133 Å². The molecule has 10 heteroatoms. The molecule has 1 amide bonds. The van der Waals surface area contributed by atoms with Crippen LogP contribution < -0.4 is 15.2 Å². The number of aromatic amines is 1. The van der Waals surface area contributed by atoms with E-state index >= 15 is 0 Å². The van der Waals surface area contributed by atoms with Crippen LogP contribution in [0.3, 0.4) is 0 Å². The lowest BCUT2D eigenvalue weighted by Crippen LogP contribution is -2.22. The summed E-state index contributed by atoms with van der Waals surface area (Å²) in [5.74, 6) is -0.762. The van der Waals surface area contributed by atoms with Crippen molar-refractivity contribution in [3.63, 3.8) is 0 Å². The number of fused-ring (bicyclic) bond motifs is 3. The molecule has 0 aliphatic heterocycles. The van der Waals surface area contributed by atoms with Gasteiger partial charge in [-0.2, -0.15) is 0 Å². The van der Waals surface area contributed by atoms with Gasteiger partial charge < -0.3 is 24.9 Å². The predicted molar refractivity (Wildman–Crippen MR) is 106 cm³/mol. The van der Waals surface area contributed by atoms with Gasteiger partial charge in [-0.3, -0.25) is 4.79 Å². The maximum atomic E-state index is 12.1. The lowest BCUT2D eigenvalue weighted by Gasteiger charge is -2.06. The summed E-state index contributed by atoms with van der Waals surface area (Å²) in [6.07, 6.45) is 0. The highest BCUT2D eigenvalue weighted by Gasteiger charge is 2.12. The fourth-order valence-corrected chi connectivity index (χ4v) is 3.33. The number of hydrogen-bond acceptors (Lipinski definition) is 8. The Morgan fingerprint density at radius 1 is 1.17 bits per heavy atom. The molecule has 0 fully saturated rings. The Kier molecular flexibility index (Phi) is 5.00. The molecule has 4 aromatic rings. The minimum atomic E-state index is -1.27. The number of benzene rings is 2. The number of aromatic carboxylic acids is 1. The van der Waals surface area contributed by atoms with Crippen molar-refractivity contribution in [3.05, 3.63) is 48.0 Å². The number of anilines is 1. The van der Waals surface area contributed by atoms with E-state index in [1.807, 2.05) is 18.2 Å². The molecule has 9 nitrogen and oxygen atoms in total. The first kappa shape index (κ1) is 18.7. The van der Waals surface area contributed by atoms with Crippen molar-refractivity contribution >= 4 is 51.4 Å². The Bertz CT molecular complexity index is 1220. The molecule has 4 rings (SSSR count). The first-order valence-corrected chi connectivity index (χ1v) is 9.46. The quantitative estimate of drug-likeness (QED) is 0.460. The monoisotopic (exact) mass is 408 g/mol. The van der Waals surface area contributed by atoms with Crippen molar-refractivity contribution in [2.24, 2.45) is 0 Å². The standard InChI is InChI=1S/C19H15N5O4S/c1-28-12-6-7-14-13(8-12)16-17(21-14)22-19(24-23-16)29-9-15(25)20-11-4-2-10(3-5-11)18(26)27/h2-8H,9H2,1H3,(H,20,25)(H,26,27)(H,21,22,24)/p-1. The minimum absolute atomic E-state index is 0.0427. The van der Waals surface area contributed by atoms with Gasteiger partial charge in [-0.05, 0) is 35.9 Å². The molecule has 0 atom stereocenters. The third-order valence-electron chi connectivity index (χ3n) is 4.14. The van der Waals surface area contributed by atoms with Gasteiger partial charge in [-0.1, -0.05) is 23.9 Å². The van der Waals surface area contributed by atoms with Crippen molar-refractivity contribution in [3.8, 4) is 5.75 Å². The number of rotatable bonds is 6. The van der Waals surface area contributed by atoms with E-state index in [9.17, 15) is 14.7 Å². The van der Waals surface area contributed by atoms with Crippen LogP contribution in [0.25, 0.3) is 22.1 Å². The molecule has 0 bridgehead atoms. The highest BCUT2D eigenvalue weighted by Crippen LogP contribution is 2.27. The van der Waals surface area contributed by atoms with E-state index in [4.69, 9.17) is 4.74 Å². The molecule has 0 saturated carbocycles. The fraction of sp³-hybridized carbons (Fsp3) is 0.105. The number of aromatic nitrogens is 4. The molecular weight excluding hydrogens is 394 g/mol. The van der Waals surface area contributed by atoms with Gasteiger partial charge in [0.2, 0.25) is 11.1 Å². The summed E-state index contributed by atoms with van der Waals surface area (Å²) in [5, 5.41) is 22.9. The maximum Gasteiger partial charge on any atom is 0.234 e. The van der Waals surface area contributed by atoms with Crippen LogP contribution in [0, 0.1) is 0 Å². The molecule has 0 radical (unpaired) electrons. The van der Waals surface area contributed by atoms with Gasteiger partial charge in [-0.25, -0.2) is 4.98 Å². The fourth-order valence-electron chi connectivity index (χ4n) is 2.74. The summed E-state index contributed by atoms with van der Waals surface area (Å²) < 4.78 is 5.23. The van der Waals surface area contributed by atoms with E-state index in [2.05, 4.69) is 25.5 Å².